The van der Waals surface area contributed by atoms with Gasteiger partial charge in [-0.05, 0) is 197 Å². The van der Waals surface area contributed by atoms with E-state index in [1.165, 1.54) is 97.9 Å². The van der Waals surface area contributed by atoms with Crippen molar-refractivity contribution < 1.29 is 39.6 Å². The summed E-state index contributed by atoms with van der Waals surface area (Å²) in [6, 6.07) is 60.7. The summed E-state index contributed by atoms with van der Waals surface area (Å²) in [7, 11) is 0. The number of carboxylic acids is 4. The van der Waals surface area contributed by atoms with Gasteiger partial charge in [0.2, 0.25) is 0 Å². The number of benzene rings is 4. The lowest BCUT2D eigenvalue weighted by Gasteiger charge is -2.19. The highest BCUT2D eigenvalue weighted by molar-refractivity contribution is 7.29. The van der Waals surface area contributed by atoms with Gasteiger partial charge in [0.25, 0.3) is 0 Å². The number of aromatic carboxylic acids is 4. The number of carbonyl (C=O) groups is 4. The lowest BCUT2D eigenvalue weighted by Crippen LogP contribution is -2.12. The molecule has 8 nitrogen and oxygen atoms in total. The van der Waals surface area contributed by atoms with E-state index in [0.29, 0.717) is 43.1 Å². The Morgan fingerprint density at radius 3 is 0.750 bits per heavy atom. The molecule has 18 heteroatoms. The van der Waals surface area contributed by atoms with E-state index in [4.69, 9.17) is 0 Å². The first-order valence-electron chi connectivity index (χ1n) is 28.7. The van der Waals surface area contributed by atoms with Crippen LogP contribution in [0.4, 0.5) is 0 Å². The van der Waals surface area contributed by atoms with Gasteiger partial charge < -0.3 is 20.4 Å². The van der Waals surface area contributed by atoms with E-state index in [1.54, 1.807) is 81.9 Å². The van der Waals surface area contributed by atoms with Gasteiger partial charge in [0, 0.05) is 120 Å². The number of rotatable bonds is 16. The molecule has 0 aliphatic carbocycles. The molecule has 0 aliphatic heterocycles. The van der Waals surface area contributed by atoms with Gasteiger partial charge in [-0.1, -0.05) is 59.7 Å². The van der Waals surface area contributed by atoms with Gasteiger partial charge in [-0.2, -0.15) is 0 Å². The molecule has 0 radical (unpaired) electrons. The van der Waals surface area contributed by atoms with Crippen molar-refractivity contribution in [1.29, 1.82) is 0 Å². The third-order valence-corrected chi connectivity index (χ3v) is 27.6. The number of hydrogen-bond donors (Lipinski definition) is 4. The van der Waals surface area contributed by atoms with Crippen molar-refractivity contribution in [2.75, 3.05) is 0 Å². The Morgan fingerprint density at radius 2 is 0.478 bits per heavy atom. The lowest BCUT2D eigenvalue weighted by molar-refractivity contribution is 0.0681. The molecule has 0 fully saturated rings. The normalized spacial score (nSPS) is 11.3. The highest BCUT2D eigenvalue weighted by atomic mass is 32.1. The predicted molar refractivity (Wildman–Crippen MR) is 393 cm³/mol. The van der Waals surface area contributed by atoms with Crippen molar-refractivity contribution in [3.63, 3.8) is 0 Å². The van der Waals surface area contributed by atoms with Crippen LogP contribution >= 0.6 is 113 Å². The van der Waals surface area contributed by atoms with Crippen LogP contribution in [0.15, 0.2) is 182 Å². The molecule has 4 N–H and O–H groups in total. The summed E-state index contributed by atoms with van der Waals surface area (Å²) < 4.78 is 0. The number of carboxylic acid groups (broad SMARTS) is 4. The van der Waals surface area contributed by atoms with E-state index in [0.717, 1.165) is 69.7 Å². The van der Waals surface area contributed by atoms with Gasteiger partial charge in [0.15, 0.2) is 0 Å². The molecule has 0 spiro atoms. The Bertz CT molecular complexity index is 4830. The monoisotopic (exact) mass is 1390 g/mol. The average Bonchev–Trinajstić information content (AvgIpc) is 1.18. The SMILES string of the molecule is Cc1ccc(-c2ccc(-c3ccc(-c4c(C)c(C(=O)O)c(-c5ccc(-c6ccc(-c7ccc(C)s7)s6)s5)c(C)c4C(=O)O)s3)s2)s1.Cc1ccc(-c2ccc(-c3ccc(-c4cc(C(=O)O)c(-c5ccc(-c6ccc(-c7ccc(C)cc7)s6)s5)cc4C(=O)O)s3)s2)cc1. The van der Waals surface area contributed by atoms with Crippen LogP contribution in [-0.2, 0) is 0 Å². The molecule has 0 bridgehead atoms. The molecule has 14 aromatic rings. The Morgan fingerprint density at radius 1 is 0.250 bits per heavy atom. The van der Waals surface area contributed by atoms with Gasteiger partial charge in [-0.3, -0.25) is 0 Å². The summed E-state index contributed by atoms with van der Waals surface area (Å²) in [6.07, 6.45) is 0. The van der Waals surface area contributed by atoms with E-state index in [2.05, 4.69) is 149 Å². The van der Waals surface area contributed by atoms with Crippen LogP contribution in [0.3, 0.4) is 0 Å². The van der Waals surface area contributed by atoms with E-state index in [9.17, 15) is 39.6 Å². The third kappa shape index (κ3) is 12.6. The molecule has 0 unspecified atom stereocenters. The average molecular weight is 1390 g/mol. The molecule has 10 heterocycles. The first-order chi connectivity index (χ1) is 44.3. The van der Waals surface area contributed by atoms with Gasteiger partial charge in [0.05, 0.1) is 22.3 Å². The Hall–Kier alpha value is -8.24. The second-order valence-corrected chi connectivity index (χ2v) is 33.0. The summed E-state index contributed by atoms with van der Waals surface area (Å²) in [5.41, 5.74) is 7.82. The Balaban J connectivity index is 0.000000168. The van der Waals surface area contributed by atoms with Crippen LogP contribution in [-0.4, -0.2) is 44.3 Å². The highest BCUT2D eigenvalue weighted by Gasteiger charge is 2.31. The molecule has 0 amide bonds. The summed E-state index contributed by atoms with van der Waals surface area (Å²) in [5, 5.41) is 41.7. The molecule has 0 saturated heterocycles. The topological polar surface area (TPSA) is 149 Å². The van der Waals surface area contributed by atoms with Gasteiger partial charge in [-0.15, -0.1) is 113 Å². The molecule has 10 aromatic heterocycles. The molecule has 0 atom stereocenters. The molecular formula is C74H52O8S10. The first kappa shape index (κ1) is 62.6. The second-order valence-electron chi connectivity index (χ2n) is 21.8. The maximum absolute atomic E-state index is 12.9. The second kappa shape index (κ2) is 26.0. The Kier molecular flexibility index (Phi) is 17.7. The van der Waals surface area contributed by atoms with E-state index in [1.807, 2.05) is 48.5 Å². The molecular weight excluding hydrogens is 1340 g/mol. The zero-order valence-electron chi connectivity index (χ0n) is 49.8. The van der Waals surface area contributed by atoms with Crippen LogP contribution in [0.1, 0.15) is 73.4 Å². The molecule has 456 valence electrons. The van der Waals surface area contributed by atoms with Crippen LogP contribution < -0.4 is 0 Å². The largest absolute Gasteiger partial charge is 0.478 e. The highest BCUT2D eigenvalue weighted by Crippen LogP contribution is 2.50. The van der Waals surface area contributed by atoms with Gasteiger partial charge in [0.1, 0.15) is 0 Å². The molecule has 92 heavy (non-hydrogen) atoms. The maximum atomic E-state index is 12.9. The lowest BCUT2D eigenvalue weighted by atomic mass is 9.86. The Labute approximate surface area is 570 Å². The first-order valence-corrected chi connectivity index (χ1v) is 36.9. The van der Waals surface area contributed by atoms with Crippen molar-refractivity contribution >= 4 is 137 Å². The number of aryl methyl sites for hydroxylation is 4. The van der Waals surface area contributed by atoms with Crippen LogP contribution in [0, 0.1) is 41.5 Å². The van der Waals surface area contributed by atoms with Crippen molar-refractivity contribution in [1.82, 2.24) is 0 Å². The van der Waals surface area contributed by atoms with E-state index in [-0.39, 0.29) is 22.3 Å². The minimum absolute atomic E-state index is 0.0765. The molecule has 0 aliphatic rings. The minimum Gasteiger partial charge on any atom is -0.478 e. The van der Waals surface area contributed by atoms with Crippen LogP contribution in [0.25, 0.3) is 121 Å². The predicted octanol–water partition coefficient (Wildman–Crippen LogP) is 24.6. The molecule has 4 aromatic carbocycles. The van der Waals surface area contributed by atoms with Crippen molar-refractivity contribution in [3.8, 4) is 121 Å². The maximum Gasteiger partial charge on any atom is 0.336 e. The molecule has 14 rings (SSSR count). The zero-order chi connectivity index (χ0) is 64.2. The fraction of sp³-hybridized carbons (Fsp3) is 0.0811. The van der Waals surface area contributed by atoms with Crippen molar-refractivity contribution in [2.45, 2.75) is 41.5 Å². The number of hydrogen-bond acceptors (Lipinski definition) is 14. The quantitative estimate of drug-likeness (QED) is 0.0747. The molecule has 0 saturated carbocycles. The smallest absolute Gasteiger partial charge is 0.336 e. The van der Waals surface area contributed by atoms with Gasteiger partial charge >= 0.3 is 23.9 Å². The summed E-state index contributed by atoms with van der Waals surface area (Å²) in [4.78, 5) is 71.9. The van der Waals surface area contributed by atoms with E-state index >= 15 is 0 Å². The standard InChI is InChI=1S/C38H26O4S4.C36H26O4S6/c1-21-3-7-23(8-4-21)29-11-15-33(43-29)35-17-13-31(45-35)25-19-28(38(41)42)26(20-27(25)37(39)40)32-14-18-36(46-32)34-16-12-30(44-34)24-9-5-22(2)6-10-24;1-17-5-7-21(41-17)23-9-11-25(43-23)27-13-15-29(45-27)31-19(3)34(36(39)40)32(20(4)33(31)35(37)38)30-16-14-28(46-30)26-12-10-24(44-26)22-8-6-18(2)42-22/h3-20H,1-2H3,(H,39,40)(H,41,42);5-16H,1-4H3,(H,37,38)(H,39,40). The fourth-order valence-electron chi connectivity index (χ4n) is 11.0. The fourth-order valence-corrected chi connectivity index (χ4v) is 21.6. The summed E-state index contributed by atoms with van der Waals surface area (Å²) in [6.45, 7) is 11.8. The van der Waals surface area contributed by atoms with Crippen molar-refractivity contribution in [2.24, 2.45) is 0 Å². The summed E-state index contributed by atoms with van der Waals surface area (Å²) in [5.74, 6) is -4.33. The van der Waals surface area contributed by atoms with Crippen LogP contribution in [0.5, 0.6) is 0 Å². The third-order valence-electron chi connectivity index (χ3n) is 15.5. The minimum atomic E-state index is -1.10. The van der Waals surface area contributed by atoms with Crippen LogP contribution in [0.2, 0.25) is 0 Å². The zero-order valence-corrected chi connectivity index (χ0v) is 58.0. The van der Waals surface area contributed by atoms with Crippen molar-refractivity contribution in [3.05, 3.63) is 236 Å². The van der Waals surface area contributed by atoms with E-state index < -0.39 is 23.9 Å². The van der Waals surface area contributed by atoms with Gasteiger partial charge in [-0.25, -0.2) is 19.2 Å². The summed E-state index contributed by atoms with van der Waals surface area (Å²) >= 11 is 16.2. The number of thiophene rings is 10.